The average molecular weight is 256 g/mol. The predicted molar refractivity (Wildman–Crippen MR) is 74.9 cm³/mol. The van der Waals surface area contributed by atoms with Crippen molar-refractivity contribution in [2.75, 3.05) is 0 Å². The van der Waals surface area contributed by atoms with Gasteiger partial charge in [-0.15, -0.1) is 0 Å². The van der Waals surface area contributed by atoms with Crippen LogP contribution in [0.25, 0.3) is 0 Å². The molecule has 0 amide bonds. The Balaban J connectivity index is 2.35. The SMILES string of the molecule is Cc1ccc(C(=O)C(C)(C)c2ccc(F)cc2)cc1. The van der Waals surface area contributed by atoms with E-state index in [4.69, 9.17) is 0 Å². The number of Topliss-reactive ketones (excluding diaryl/α,β-unsaturated/α-hetero) is 1. The first kappa shape index (κ1) is 13.5. The number of carbonyl (C=O) groups excluding carboxylic acids is 1. The molecule has 0 radical (unpaired) electrons. The zero-order valence-electron chi connectivity index (χ0n) is 11.4. The molecule has 19 heavy (non-hydrogen) atoms. The zero-order chi connectivity index (χ0) is 14.0. The smallest absolute Gasteiger partial charge is 0.172 e. The standard InChI is InChI=1S/C17H17FO/c1-12-4-6-13(7-5-12)16(19)17(2,3)14-8-10-15(18)11-9-14/h4-11H,1-3H3. The van der Waals surface area contributed by atoms with E-state index in [0.29, 0.717) is 5.56 Å². The highest BCUT2D eigenvalue weighted by Crippen LogP contribution is 2.28. The maximum absolute atomic E-state index is 13.0. The molecule has 0 bridgehead atoms. The fourth-order valence-electron chi connectivity index (χ4n) is 2.06. The fraction of sp³-hybridized carbons (Fsp3) is 0.235. The highest BCUT2D eigenvalue weighted by Gasteiger charge is 2.30. The van der Waals surface area contributed by atoms with Gasteiger partial charge < -0.3 is 0 Å². The van der Waals surface area contributed by atoms with Crippen LogP contribution >= 0.6 is 0 Å². The summed E-state index contributed by atoms with van der Waals surface area (Å²) >= 11 is 0. The third kappa shape index (κ3) is 2.73. The van der Waals surface area contributed by atoms with Crippen molar-refractivity contribution in [1.82, 2.24) is 0 Å². The third-order valence-electron chi connectivity index (χ3n) is 3.45. The summed E-state index contributed by atoms with van der Waals surface area (Å²) in [5.74, 6) is -0.249. The molecule has 0 aromatic heterocycles. The second-order valence-electron chi connectivity index (χ2n) is 5.33. The van der Waals surface area contributed by atoms with Gasteiger partial charge in [-0.2, -0.15) is 0 Å². The maximum Gasteiger partial charge on any atom is 0.172 e. The van der Waals surface area contributed by atoms with E-state index in [1.807, 2.05) is 45.0 Å². The van der Waals surface area contributed by atoms with Gasteiger partial charge in [0.15, 0.2) is 5.78 Å². The first-order valence-corrected chi connectivity index (χ1v) is 6.29. The molecule has 98 valence electrons. The van der Waals surface area contributed by atoms with E-state index < -0.39 is 5.41 Å². The van der Waals surface area contributed by atoms with Crippen LogP contribution in [0.5, 0.6) is 0 Å². The van der Waals surface area contributed by atoms with Gasteiger partial charge in [0.2, 0.25) is 0 Å². The second-order valence-corrected chi connectivity index (χ2v) is 5.33. The van der Waals surface area contributed by atoms with E-state index in [9.17, 15) is 9.18 Å². The lowest BCUT2D eigenvalue weighted by Gasteiger charge is -2.24. The lowest BCUT2D eigenvalue weighted by molar-refractivity contribution is 0.0908. The zero-order valence-corrected chi connectivity index (χ0v) is 11.4. The number of ketones is 1. The van der Waals surface area contributed by atoms with Crippen molar-refractivity contribution in [3.8, 4) is 0 Å². The summed E-state index contributed by atoms with van der Waals surface area (Å²) in [4.78, 5) is 12.6. The Morgan fingerprint density at radius 3 is 2.00 bits per heavy atom. The van der Waals surface area contributed by atoms with E-state index in [1.54, 1.807) is 12.1 Å². The minimum atomic E-state index is -0.664. The number of benzene rings is 2. The monoisotopic (exact) mass is 256 g/mol. The average Bonchev–Trinajstić information content (AvgIpc) is 2.39. The quantitative estimate of drug-likeness (QED) is 0.748. The lowest BCUT2D eigenvalue weighted by atomic mass is 9.78. The van der Waals surface area contributed by atoms with Crippen LogP contribution in [0, 0.1) is 12.7 Å². The van der Waals surface area contributed by atoms with Crippen molar-refractivity contribution in [3.05, 3.63) is 71.0 Å². The van der Waals surface area contributed by atoms with Gasteiger partial charge in [0, 0.05) is 5.56 Å². The summed E-state index contributed by atoms with van der Waals surface area (Å²) in [5.41, 5.74) is 1.96. The Morgan fingerprint density at radius 2 is 1.47 bits per heavy atom. The van der Waals surface area contributed by atoms with Crippen molar-refractivity contribution in [3.63, 3.8) is 0 Å². The molecule has 2 heteroatoms. The summed E-state index contributed by atoms with van der Waals surface area (Å²) in [6.45, 7) is 5.71. The number of rotatable bonds is 3. The van der Waals surface area contributed by atoms with Crippen molar-refractivity contribution < 1.29 is 9.18 Å². The van der Waals surface area contributed by atoms with Crippen LogP contribution in [-0.2, 0) is 5.41 Å². The number of halogens is 1. The molecule has 0 aliphatic carbocycles. The van der Waals surface area contributed by atoms with Gasteiger partial charge in [-0.3, -0.25) is 4.79 Å². The first-order chi connectivity index (χ1) is 8.91. The van der Waals surface area contributed by atoms with E-state index in [-0.39, 0.29) is 11.6 Å². The van der Waals surface area contributed by atoms with Crippen molar-refractivity contribution >= 4 is 5.78 Å². The Labute approximate surface area is 113 Å². The number of carbonyl (C=O) groups is 1. The number of aryl methyl sites for hydroxylation is 1. The van der Waals surface area contributed by atoms with Gasteiger partial charge in [-0.1, -0.05) is 42.0 Å². The minimum absolute atomic E-state index is 0.0408. The largest absolute Gasteiger partial charge is 0.293 e. The van der Waals surface area contributed by atoms with Crippen molar-refractivity contribution in [1.29, 1.82) is 0 Å². The summed E-state index contributed by atoms with van der Waals surface area (Å²) in [7, 11) is 0. The molecule has 0 saturated carbocycles. The van der Waals surface area contributed by atoms with Gasteiger partial charge in [-0.05, 0) is 38.5 Å². The Bertz CT molecular complexity index is 580. The van der Waals surface area contributed by atoms with Crippen LogP contribution in [0.1, 0.15) is 35.3 Å². The molecule has 0 saturated heterocycles. The van der Waals surface area contributed by atoms with Crippen LogP contribution in [0.2, 0.25) is 0 Å². The summed E-state index contributed by atoms with van der Waals surface area (Å²) < 4.78 is 13.0. The molecule has 0 atom stereocenters. The van der Waals surface area contributed by atoms with Crippen molar-refractivity contribution in [2.24, 2.45) is 0 Å². The van der Waals surface area contributed by atoms with Crippen LogP contribution < -0.4 is 0 Å². The lowest BCUT2D eigenvalue weighted by Crippen LogP contribution is -2.29. The van der Waals surface area contributed by atoms with Crippen LogP contribution in [0.3, 0.4) is 0 Å². The van der Waals surface area contributed by atoms with E-state index in [2.05, 4.69) is 0 Å². The van der Waals surface area contributed by atoms with Gasteiger partial charge in [0.05, 0.1) is 5.41 Å². The molecule has 0 aliphatic rings. The van der Waals surface area contributed by atoms with Gasteiger partial charge in [-0.25, -0.2) is 4.39 Å². The van der Waals surface area contributed by atoms with E-state index in [1.165, 1.54) is 12.1 Å². The van der Waals surface area contributed by atoms with Crippen LogP contribution in [0.4, 0.5) is 4.39 Å². The second kappa shape index (κ2) is 4.96. The molecular formula is C17H17FO. The fourth-order valence-corrected chi connectivity index (χ4v) is 2.06. The van der Waals surface area contributed by atoms with Gasteiger partial charge >= 0.3 is 0 Å². The molecule has 2 aromatic carbocycles. The predicted octanol–water partition coefficient (Wildman–Crippen LogP) is 4.29. The van der Waals surface area contributed by atoms with Gasteiger partial charge in [0.1, 0.15) is 5.82 Å². The molecule has 0 unspecified atom stereocenters. The van der Waals surface area contributed by atoms with Crippen LogP contribution in [-0.4, -0.2) is 5.78 Å². The Kier molecular flexibility index (Phi) is 3.52. The highest BCUT2D eigenvalue weighted by atomic mass is 19.1. The highest BCUT2D eigenvalue weighted by molar-refractivity contribution is 6.03. The van der Waals surface area contributed by atoms with Crippen LogP contribution in [0.15, 0.2) is 48.5 Å². The Morgan fingerprint density at radius 1 is 0.947 bits per heavy atom. The normalized spacial score (nSPS) is 11.4. The molecule has 0 fully saturated rings. The summed E-state index contributed by atoms with van der Waals surface area (Å²) in [5, 5.41) is 0. The molecule has 2 rings (SSSR count). The molecule has 1 nitrogen and oxygen atoms in total. The maximum atomic E-state index is 13.0. The topological polar surface area (TPSA) is 17.1 Å². The summed E-state index contributed by atoms with van der Waals surface area (Å²) in [6, 6.07) is 13.6. The van der Waals surface area contributed by atoms with E-state index >= 15 is 0 Å². The third-order valence-corrected chi connectivity index (χ3v) is 3.45. The summed E-state index contributed by atoms with van der Waals surface area (Å²) in [6.07, 6.45) is 0. The molecule has 2 aromatic rings. The molecule has 0 N–H and O–H groups in total. The molecule has 0 heterocycles. The van der Waals surface area contributed by atoms with E-state index in [0.717, 1.165) is 11.1 Å². The Hall–Kier alpha value is -1.96. The number of hydrogen-bond acceptors (Lipinski definition) is 1. The molecule has 0 aliphatic heterocycles. The first-order valence-electron chi connectivity index (χ1n) is 6.29. The van der Waals surface area contributed by atoms with Crippen molar-refractivity contribution in [2.45, 2.75) is 26.2 Å². The minimum Gasteiger partial charge on any atom is -0.293 e. The molecule has 0 spiro atoms. The van der Waals surface area contributed by atoms with Gasteiger partial charge in [0.25, 0.3) is 0 Å². The number of hydrogen-bond donors (Lipinski definition) is 0. The molecular weight excluding hydrogens is 239 g/mol.